The van der Waals surface area contributed by atoms with Gasteiger partial charge in [-0.05, 0) is 56.5 Å². The Balaban J connectivity index is 1.92. The van der Waals surface area contributed by atoms with Gasteiger partial charge >= 0.3 is 0 Å². The van der Waals surface area contributed by atoms with Crippen molar-refractivity contribution in [1.29, 1.82) is 0 Å². The molecule has 1 saturated carbocycles. The third kappa shape index (κ3) is 5.04. The van der Waals surface area contributed by atoms with Crippen molar-refractivity contribution in [2.75, 3.05) is 26.2 Å². The second-order valence-electron chi connectivity index (χ2n) is 7.91. The van der Waals surface area contributed by atoms with E-state index in [1.54, 1.807) is 0 Å². The van der Waals surface area contributed by atoms with Crippen LogP contribution in [0.3, 0.4) is 0 Å². The summed E-state index contributed by atoms with van der Waals surface area (Å²) < 4.78 is 0. The SMILES string of the molecule is CC1CCCN(CC2(CNC(C)C)CCCCC2)CC1. The van der Waals surface area contributed by atoms with Gasteiger partial charge in [-0.1, -0.05) is 40.0 Å². The highest BCUT2D eigenvalue weighted by Gasteiger charge is 2.34. The second kappa shape index (κ2) is 7.79. The Morgan fingerprint density at radius 3 is 2.50 bits per heavy atom. The van der Waals surface area contributed by atoms with E-state index in [4.69, 9.17) is 0 Å². The summed E-state index contributed by atoms with van der Waals surface area (Å²) in [5.41, 5.74) is 0.566. The Morgan fingerprint density at radius 2 is 1.80 bits per heavy atom. The fraction of sp³-hybridized carbons (Fsp3) is 1.00. The first-order chi connectivity index (χ1) is 9.60. The predicted octanol–water partition coefficient (Wildman–Crippen LogP) is 4.06. The lowest BCUT2D eigenvalue weighted by atomic mass is 9.73. The Bertz CT molecular complexity index is 269. The van der Waals surface area contributed by atoms with Gasteiger partial charge in [0.1, 0.15) is 0 Å². The van der Waals surface area contributed by atoms with Crippen LogP contribution in [0.25, 0.3) is 0 Å². The standard InChI is InChI=1S/C18H36N2/c1-16(2)19-14-18(10-5-4-6-11-18)15-20-12-7-8-17(3)9-13-20/h16-17,19H,4-15H2,1-3H3. The molecule has 1 aliphatic carbocycles. The average Bonchev–Trinajstić information content (AvgIpc) is 2.63. The molecule has 20 heavy (non-hydrogen) atoms. The van der Waals surface area contributed by atoms with Crippen LogP contribution in [0.5, 0.6) is 0 Å². The maximum Gasteiger partial charge on any atom is 0.00501 e. The van der Waals surface area contributed by atoms with E-state index in [2.05, 4.69) is 31.0 Å². The molecule has 1 N–H and O–H groups in total. The molecule has 118 valence electrons. The number of nitrogens with zero attached hydrogens (tertiary/aromatic N) is 1. The number of hydrogen-bond acceptors (Lipinski definition) is 2. The quantitative estimate of drug-likeness (QED) is 0.817. The smallest absolute Gasteiger partial charge is 0.00501 e. The molecule has 0 spiro atoms. The fourth-order valence-electron chi connectivity index (χ4n) is 4.07. The summed E-state index contributed by atoms with van der Waals surface area (Å²) >= 11 is 0. The molecule has 1 saturated heterocycles. The summed E-state index contributed by atoms with van der Waals surface area (Å²) in [5, 5.41) is 3.74. The zero-order chi connectivity index (χ0) is 14.4. The summed E-state index contributed by atoms with van der Waals surface area (Å²) in [6.07, 6.45) is 11.5. The van der Waals surface area contributed by atoms with E-state index < -0.39 is 0 Å². The van der Waals surface area contributed by atoms with E-state index in [-0.39, 0.29) is 0 Å². The Morgan fingerprint density at radius 1 is 1.05 bits per heavy atom. The highest BCUT2D eigenvalue weighted by molar-refractivity contribution is 4.89. The minimum Gasteiger partial charge on any atom is -0.314 e. The van der Waals surface area contributed by atoms with Crippen LogP contribution in [0.2, 0.25) is 0 Å². The molecule has 1 aliphatic heterocycles. The highest BCUT2D eigenvalue weighted by atomic mass is 15.1. The average molecular weight is 280 g/mol. The van der Waals surface area contributed by atoms with Crippen LogP contribution < -0.4 is 5.32 Å². The molecule has 1 atom stereocenters. The Labute approximate surface area is 126 Å². The maximum atomic E-state index is 3.74. The van der Waals surface area contributed by atoms with Crippen LogP contribution in [-0.2, 0) is 0 Å². The van der Waals surface area contributed by atoms with E-state index in [9.17, 15) is 0 Å². The predicted molar refractivity (Wildman–Crippen MR) is 88.1 cm³/mol. The molecule has 0 radical (unpaired) electrons. The molecule has 0 amide bonds. The van der Waals surface area contributed by atoms with E-state index in [0.717, 1.165) is 5.92 Å². The van der Waals surface area contributed by atoms with Crippen LogP contribution in [-0.4, -0.2) is 37.1 Å². The minimum atomic E-state index is 0.566. The van der Waals surface area contributed by atoms with Gasteiger partial charge in [-0.3, -0.25) is 0 Å². The normalized spacial score (nSPS) is 28.5. The van der Waals surface area contributed by atoms with Gasteiger partial charge in [0.05, 0.1) is 0 Å². The molecule has 0 bridgehead atoms. The topological polar surface area (TPSA) is 15.3 Å². The molecule has 0 aromatic carbocycles. The zero-order valence-corrected chi connectivity index (χ0v) is 14.1. The van der Waals surface area contributed by atoms with Gasteiger partial charge in [0.25, 0.3) is 0 Å². The summed E-state index contributed by atoms with van der Waals surface area (Å²) in [6.45, 7) is 12.3. The zero-order valence-electron chi connectivity index (χ0n) is 14.1. The number of likely N-dealkylation sites (tertiary alicyclic amines) is 1. The van der Waals surface area contributed by atoms with Crippen molar-refractivity contribution in [3.63, 3.8) is 0 Å². The van der Waals surface area contributed by atoms with Gasteiger partial charge in [0.15, 0.2) is 0 Å². The summed E-state index contributed by atoms with van der Waals surface area (Å²) in [6, 6.07) is 0.623. The van der Waals surface area contributed by atoms with Gasteiger partial charge < -0.3 is 10.2 Å². The molecule has 2 fully saturated rings. The van der Waals surface area contributed by atoms with Crippen molar-refractivity contribution in [2.24, 2.45) is 11.3 Å². The van der Waals surface area contributed by atoms with Crippen LogP contribution in [0.4, 0.5) is 0 Å². The van der Waals surface area contributed by atoms with E-state index in [0.29, 0.717) is 11.5 Å². The lowest BCUT2D eigenvalue weighted by molar-refractivity contribution is 0.101. The van der Waals surface area contributed by atoms with Gasteiger partial charge in [0.2, 0.25) is 0 Å². The molecule has 2 aliphatic rings. The molecule has 2 heteroatoms. The molecule has 1 heterocycles. The highest BCUT2D eigenvalue weighted by Crippen LogP contribution is 2.37. The van der Waals surface area contributed by atoms with E-state index in [1.807, 2.05) is 0 Å². The number of hydrogen-bond donors (Lipinski definition) is 1. The monoisotopic (exact) mass is 280 g/mol. The molecule has 2 nitrogen and oxygen atoms in total. The van der Waals surface area contributed by atoms with Crippen molar-refractivity contribution in [1.82, 2.24) is 10.2 Å². The van der Waals surface area contributed by atoms with Crippen molar-refractivity contribution < 1.29 is 0 Å². The van der Waals surface area contributed by atoms with Crippen LogP contribution >= 0.6 is 0 Å². The summed E-state index contributed by atoms with van der Waals surface area (Å²) in [5.74, 6) is 0.941. The summed E-state index contributed by atoms with van der Waals surface area (Å²) in [4.78, 5) is 2.79. The molecule has 1 unspecified atom stereocenters. The summed E-state index contributed by atoms with van der Waals surface area (Å²) in [7, 11) is 0. The van der Waals surface area contributed by atoms with Crippen LogP contribution in [0.15, 0.2) is 0 Å². The first-order valence-corrected chi connectivity index (χ1v) is 9.05. The maximum absolute atomic E-state index is 3.74. The third-order valence-electron chi connectivity index (χ3n) is 5.47. The molecule has 0 aromatic rings. The lowest BCUT2D eigenvalue weighted by Gasteiger charge is -2.42. The van der Waals surface area contributed by atoms with E-state index >= 15 is 0 Å². The van der Waals surface area contributed by atoms with Gasteiger partial charge in [-0.25, -0.2) is 0 Å². The van der Waals surface area contributed by atoms with E-state index in [1.165, 1.54) is 77.5 Å². The molecule has 0 aromatic heterocycles. The van der Waals surface area contributed by atoms with Crippen LogP contribution in [0, 0.1) is 11.3 Å². The minimum absolute atomic E-state index is 0.566. The van der Waals surface area contributed by atoms with Crippen molar-refractivity contribution in [3.05, 3.63) is 0 Å². The molecular weight excluding hydrogens is 244 g/mol. The van der Waals surface area contributed by atoms with Gasteiger partial charge in [0, 0.05) is 19.1 Å². The lowest BCUT2D eigenvalue weighted by Crippen LogP contribution is -2.47. The molecule has 2 rings (SSSR count). The first-order valence-electron chi connectivity index (χ1n) is 9.05. The Kier molecular flexibility index (Phi) is 6.35. The van der Waals surface area contributed by atoms with Gasteiger partial charge in [-0.15, -0.1) is 0 Å². The first kappa shape index (κ1) is 16.3. The number of rotatable bonds is 5. The van der Waals surface area contributed by atoms with Crippen molar-refractivity contribution in [2.45, 2.75) is 78.2 Å². The Hall–Kier alpha value is -0.0800. The molecular formula is C18H36N2. The van der Waals surface area contributed by atoms with Crippen molar-refractivity contribution >= 4 is 0 Å². The third-order valence-corrected chi connectivity index (χ3v) is 5.47. The van der Waals surface area contributed by atoms with Gasteiger partial charge in [-0.2, -0.15) is 0 Å². The fourth-order valence-corrected chi connectivity index (χ4v) is 4.07. The number of nitrogens with one attached hydrogen (secondary N) is 1. The second-order valence-corrected chi connectivity index (χ2v) is 7.91. The largest absolute Gasteiger partial charge is 0.314 e. The van der Waals surface area contributed by atoms with Crippen molar-refractivity contribution in [3.8, 4) is 0 Å². The van der Waals surface area contributed by atoms with Crippen LogP contribution in [0.1, 0.15) is 72.1 Å².